The van der Waals surface area contributed by atoms with Gasteiger partial charge in [-0.2, -0.15) is 0 Å². The maximum Gasteiger partial charge on any atom is 0.243 e. The van der Waals surface area contributed by atoms with E-state index >= 15 is 0 Å². The normalized spacial score (nSPS) is 14.2. The van der Waals surface area contributed by atoms with Crippen LogP contribution in [-0.2, 0) is 9.59 Å². The highest BCUT2D eigenvalue weighted by atomic mass is 16.2. The molecule has 2 amide bonds. The third-order valence-corrected chi connectivity index (χ3v) is 3.09. The summed E-state index contributed by atoms with van der Waals surface area (Å²) < 4.78 is 0. The lowest BCUT2D eigenvalue weighted by Gasteiger charge is -2.16. The maximum atomic E-state index is 11.6. The van der Waals surface area contributed by atoms with Gasteiger partial charge in [-0.15, -0.1) is 0 Å². The Hall–Kier alpha value is -2.15. The molecule has 4 N–H and O–H groups in total. The van der Waals surface area contributed by atoms with Crippen molar-refractivity contribution in [2.45, 2.75) is 12.8 Å². The van der Waals surface area contributed by atoms with Crippen molar-refractivity contribution in [2.24, 2.45) is 5.73 Å². The van der Waals surface area contributed by atoms with Crippen LogP contribution in [0.4, 0.5) is 11.5 Å². The number of hydrogen-bond acceptors (Lipinski definition) is 5. The lowest BCUT2D eigenvalue weighted by atomic mass is 10.3. The van der Waals surface area contributed by atoms with E-state index in [1.165, 1.54) is 12.8 Å². The molecule has 7 nitrogen and oxygen atoms in total. The summed E-state index contributed by atoms with van der Waals surface area (Å²) in [7, 11) is 0. The van der Waals surface area contributed by atoms with Gasteiger partial charge in [0.1, 0.15) is 5.82 Å². The minimum atomic E-state index is -0.359. The van der Waals surface area contributed by atoms with Crippen molar-refractivity contribution in [3.8, 4) is 0 Å². The number of pyridine rings is 1. The van der Waals surface area contributed by atoms with Gasteiger partial charge >= 0.3 is 0 Å². The second-order valence-electron chi connectivity index (χ2n) is 4.63. The monoisotopic (exact) mass is 277 g/mol. The Kier molecular flexibility index (Phi) is 4.89. The van der Waals surface area contributed by atoms with Crippen molar-refractivity contribution in [2.75, 3.05) is 36.4 Å². The molecule has 0 aromatic carbocycles. The van der Waals surface area contributed by atoms with Gasteiger partial charge in [0.25, 0.3) is 0 Å². The lowest BCUT2D eigenvalue weighted by Crippen LogP contribution is -2.36. The molecule has 2 heterocycles. The molecule has 0 unspecified atom stereocenters. The van der Waals surface area contributed by atoms with Gasteiger partial charge in [0.2, 0.25) is 11.8 Å². The number of nitrogens with two attached hydrogens (primary N) is 1. The van der Waals surface area contributed by atoms with Crippen LogP contribution in [0.1, 0.15) is 12.8 Å². The molecule has 20 heavy (non-hydrogen) atoms. The first-order chi connectivity index (χ1) is 9.69. The van der Waals surface area contributed by atoms with Crippen LogP contribution in [0.15, 0.2) is 18.3 Å². The number of nitrogens with zero attached hydrogens (tertiary/aromatic N) is 2. The predicted octanol–water partition coefficient (Wildman–Crippen LogP) is -0.305. The molecule has 1 aliphatic heterocycles. The minimum Gasteiger partial charge on any atom is -0.357 e. The Morgan fingerprint density at radius 2 is 2.00 bits per heavy atom. The summed E-state index contributed by atoms with van der Waals surface area (Å²) in [6.07, 6.45) is 4.01. The lowest BCUT2D eigenvalue weighted by molar-refractivity contribution is -0.123. The number of carbonyl (C=O) groups is 2. The summed E-state index contributed by atoms with van der Waals surface area (Å²) in [5.74, 6) is 0.266. The molecule has 108 valence electrons. The smallest absolute Gasteiger partial charge is 0.243 e. The fraction of sp³-hybridized carbons (Fsp3) is 0.462. The van der Waals surface area contributed by atoms with Gasteiger partial charge in [-0.1, -0.05) is 0 Å². The molecule has 1 aromatic heterocycles. The Labute approximate surface area is 117 Å². The summed E-state index contributed by atoms with van der Waals surface area (Å²) >= 11 is 0. The van der Waals surface area contributed by atoms with Crippen LogP contribution in [-0.4, -0.2) is 43.0 Å². The van der Waals surface area contributed by atoms with Gasteiger partial charge in [0.15, 0.2) is 0 Å². The van der Waals surface area contributed by atoms with Crippen LogP contribution < -0.4 is 21.3 Å². The second-order valence-corrected chi connectivity index (χ2v) is 4.63. The highest BCUT2D eigenvalue weighted by molar-refractivity contribution is 5.94. The highest BCUT2D eigenvalue weighted by Crippen LogP contribution is 2.18. The predicted molar refractivity (Wildman–Crippen MR) is 76.4 cm³/mol. The molecule has 0 radical (unpaired) electrons. The summed E-state index contributed by atoms with van der Waals surface area (Å²) in [5, 5.41) is 5.07. The number of rotatable bonds is 5. The number of carbonyl (C=O) groups excluding carboxylic acids is 2. The van der Waals surface area contributed by atoms with Crippen LogP contribution in [0.5, 0.6) is 0 Å². The van der Waals surface area contributed by atoms with Gasteiger partial charge in [0.05, 0.1) is 25.0 Å². The summed E-state index contributed by atoms with van der Waals surface area (Å²) in [6, 6.07) is 3.70. The molecular formula is C13H19N5O2. The quantitative estimate of drug-likeness (QED) is 0.686. The van der Waals surface area contributed by atoms with Crippen LogP contribution >= 0.6 is 0 Å². The van der Waals surface area contributed by atoms with Gasteiger partial charge in [-0.25, -0.2) is 4.98 Å². The molecule has 0 atom stereocenters. The first-order valence-electron chi connectivity index (χ1n) is 6.66. The Morgan fingerprint density at radius 1 is 1.25 bits per heavy atom. The largest absolute Gasteiger partial charge is 0.357 e. The second kappa shape index (κ2) is 6.85. The first kappa shape index (κ1) is 14.3. The average Bonchev–Trinajstić information content (AvgIpc) is 2.99. The summed E-state index contributed by atoms with van der Waals surface area (Å²) in [5.41, 5.74) is 5.74. The molecular weight excluding hydrogens is 258 g/mol. The van der Waals surface area contributed by atoms with Crippen molar-refractivity contribution in [1.82, 2.24) is 10.3 Å². The van der Waals surface area contributed by atoms with E-state index in [1.54, 1.807) is 6.20 Å². The van der Waals surface area contributed by atoms with Gasteiger partial charge in [-0.3, -0.25) is 9.59 Å². The van der Waals surface area contributed by atoms with E-state index in [-0.39, 0.29) is 24.9 Å². The van der Waals surface area contributed by atoms with Gasteiger partial charge < -0.3 is 21.3 Å². The average molecular weight is 277 g/mol. The Bertz CT molecular complexity index is 468. The molecule has 0 spiro atoms. The number of anilines is 2. The highest BCUT2D eigenvalue weighted by Gasteiger charge is 2.13. The Balaban J connectivity index is 1.83. The fourth-order valence-corrected chi connectivity index (χ4v) is 2.05. The number of amides is 2. The molecule has 0 aliphatic carbocycles. The van der Waals surface area contributed by atoms with Gasteiger partial charge in [0, 0.05) is 13.1 Å². The standard InChI is InChI=1S/C13H19N5O2/c14-7-12(19)16-9-13(20)17-10-3-4-11(15-8-10)18-5-1-2-6-18/h3-4,8H,1-2,5-7,9,14H2,(H,16,19)(H,17,20). The summed E-state index contributed by atoms with van der Waals surface area (Å²) in [4.78, 5) is 29.0. The van der Waals surface area contributed by atoms with E-state index in [9.17, 15) is 9.59 Å². The number of hydrogen-bond donors (Lipinski definition) is 3. The third kappa shape index (κ3) is 3.92. The van der Waals surface area contributed by atoms with Crippen molar-refractivity contribution in [1.29, 1.82) is 0 Å². The van der Waals surface area contributed by atoms with Gasteiger partial charge in [-0.05, 0) is 25.0 Å². The molecule has 0 bridgehead atoms. The zero-order valence-corrected chi connectivity index (χ0v) is 11.3. The zero-order chi connectivity index (χ0) is 14.4. The van der Waals surface area contributed by atoms with E-state index in [0.29, 0.717) is 5.69 Å². The molecule has 1 aromatic rings. The zero-order valence-electron chi connectivity index (χ0n) is 11.3. The van der Waals surface area contributed by atoms with Crippen molar-refractivity contribution < 1.29 is 9.59 Å². The van der Waals surface area contributed by atoms with E-state index in [2.05, 4.69) is 20.5 Å². The molecule has 2 rings (SSSR count). The first-order valence-corrected chi connectivity index (χ1v) is 6.66. The number of nitrogens with one attached hydrogen (secondary N) is 2. The van der Waals surface area contributed by atoms with Crippen LogP contribution in [0, 0.1) is 0 Å². The van der Waals surface area contributed by atoms with E-state index < -0.39 is 0 Å². The SMILES string of the molecule is NCC(=O)NCC(=O)Nc1ccc(N2CCCC2)nc1. The van der Waals surface area contributed by atoms with Crippen molar-refractivity contribution >= 4 is 23.3 Å². The molecule has 0 saturated carbocycles. The topological polar surface area (TPSA) is 100 Å². The molecule has 1 saturated heterocycles. The third-order valence-electron chi connectivity index (χ3n) is 3.09. The van der Waals surface area contributed by atoms with Crippen molar-refractivity contribution in [3.05, 3.63) is 18.3 Å². The van der Waals surface area contributed by atoms with Crippen LogP contribution in [0.3, 0.4) is 0 Å². The van der Waals surface area contributed by atoms with Crippen LogP contribution in [0.25, 0.3) is 0 Å². The fourth-order valence-electron chi connectivity index (χ4n) is 2.05. The van der Waals surface area contributed by atoms with E-state index in [0.717, 1.165) is 18.9 Å². The van der Waals surface area contributed by atoms with E-state index in [1.807, 2.05) is 12.1 Å². The maximum absolute atomic E-state index is 11.6. The van der Waals surface area contributed by atoms with E-state index in [4.69, 9.17) is 5.73 Å². The number of aromatic nitrogens is 1. The van der Waals surface area contributed by atoms with Crippen LogP contribution in [0.2, 0.25) is 0 Å². The summed E-state index contributed by atoms with van der Waals surface area (Å²) in [6.45, 7) is 1.84. The minimum absolute atomic E-state index is 0.0933. The molecule has 7 heteroatoms. The van der Waals surface area contributed by atoms with Crippen molar-refractivity contribution in [3.63, 3.8) is 0 Å². The molecule has 1 fully saturated rings. The Morgan fingerprint density at radius 3 is 2.60 bits per heavy atom. The molecule has 1 aliphatic rings.